The lowest BCUT2D eigenvalue weighted by Gasteiger charge is -2.17. The molecule has 0 spiro atoms. The number of aromatic nitrogens is 3. The Morgan fingerprint density at radius 2 is 2.05 bits per heavy atom. The van der Waals surface area contributed by atoms with Gasteiger partial charge in [-0.3, -0.25) is 0 Å². The van der Waals surface area contributed by atoms with Gasteiger partial charge in [-0.25, -0.2) is 4.98 Å². The molecule has 0 amide bonds. The third-order valence-corrected chi connectivity index (χ3v) is 4.36. The van der Waals surface area contributed by atoms with E-state index < -0.39 is 0 Å². The monoisotopic (exact) mass is 304 g/mol. The molecule has 2 rings (SSSR count). The Balaban J connectivity index is 2.00. The third kappa shape index (κ3) is 4.77. The summed E-state index contributed by atoms with van der Waals surface area (Å²) in [5.41, 5.74) is 0. The average molecular weight is 304 g/mol. The molecule has 0 saturated heterocycles. The van der Waals surface area contributed by atoms with E-state index in [-0.39, 0.29) is 0 Å². The highest BCUT2D eigenvalue weighted by molar-refractivity contribution is 7.09. The van der Waals surface area contributed by atoms with Gasteiger partial charge < -0.3 is 5.32 Å². The number of hydrogen-bond acceptors (Lipinski definition) is 5. The Morgan fingerprint density at radius 3 is 2.67 bits per heavy atom. The third-order valence-electron chi connectivity index (χ3n) is 3.43. The Hall–Kier alpha value is -1.49. The molecule has 21 heavy (non-hydrogen) atoms. The van der Waals surface area contributed by atoms with Crippen LogP contribution in [0.25, 0.3) is 0 Å². The molecule has 0 aliphatic heterocycles. The van der Waals surface area contributed by atoms with E-state index in [0.29, 0.717) is 17.9 Å². The lowest BCUT2D eigenvalue weighted by molar-refractivity contribution is 0.626. The number of thiophene rings is 1. The zero-order valence-electron chi connectivity index (χ0n) is 13.3. The molecule has 5 heteroatoms. The molecule has 1 unspecified atom stereocenters. The van der Waals surface area contributed by atoms with Crippen LogP contribution in [-0.2, 0) is 6.42 Å². The molecule has 0 fully saturated rings. The van der Waals surface area contributed by atoms with E-state index in [1.54, 1.807) is 0 Å². The van der Waals surface area contributed by atoms with Crippen molar-refractivity contribution < 1.29 is 0 Å². The summed E-state index contributed by atoms with van der Waals surface area (Å²) in [6.07, 6.45) is 3.26. The van der Waals surface area contributed by atoms with Gasteiger partial charge in [-0.05, 0) is 37.6 Å². The largest absolute Gasteiger partial charge is 0.351 e. The fraction of sp³-hybridized carbons (Fsp3) is 0.562. The van der Waals surface area contributed by atoms with Gasteiger partial charge in [0.1, 0.15) is 11.6 Å². The molecule has 2 aromatic heterocycles. The first-order valence-electron chi connectivity index (χ1n) is 7.60. The van der Waals surface area contributed by atoms with Gasteiger partial charge in [-0.15, -0.1) is 11.3 Å². The Labute approximate surface area is 131 Å². The minimum absolute atomic E-state index is 0.318. The summed E-state index contributed by atoms with van der Waals surface area (Å²) in [5, 5.41) is 5.60. The van der Waals surface area contributed by atoms with Crippen LogP contribution in [0.4, 0.5) is 5.95 Å². The van der Waals surface area contributed by atoms with Crippen molar-refractivity contribution in [1.82, 2.24) is 15.0 Å². The smallest absolute Gasteiger partial charge is 0.226 e. The minimum atomic E-state index is 0.318. The summed E-state index contributed by atoms with van der Waals surface area (Å²) in [4.78, 5) is 14.8. The Morgan fingerprint density at radius 1 is 1.24 bits per heavy atom. The highest BCUT2D eigenvalue weighted by Crippen LogP contribution is 2.16. The minimum Gasteiger partial charge on any atom is -0.351 e. The lowest BCUT2D eigenvalue weighted by atomic mass is 10.1. The number of rotatable bonds is 7. The van der Waals surface area contributed by atoms with Crippen LogP contribution in [0.3, 0.4) is 0 Å². The van der Waals surface area contributed by atoms with E-state index in [1.807, 2.05) is 18.3 Å². The molecule has 0 saturated carbocycles. The van der Waals surface area contributed by atoms with Crippen LogP contribution in [-0.4, -0.2) is 21.0 Å². The zero-order chi connectivity index (χ0) is 15.2. The maximum Gasteiger partial charge on any atom is 0.226 e. The van der Waals surface area contributed by atoms with Crippen LogP contribution in [0.15, 0.2) is 17.5 Å². The van der Waals surface area contributed by atoms with Crippen molar-refractivity contribution in [2.24, 2.45) is 0 Å². The van der Waals surface area contributed by atoms with Crippen LogP contribution >= 0.6 is 11.3 Å². The van der Waals surface area contributed by atoms with Gasteiger partial charge in [0.05, 0.1) is 0 Å². The molecule has 0 radical (unpaired) electrons. The van der Waals surface area contributed by atoms with Crippen molar-refractivity contribution in [2.45, 2.75) is 58.9 Å². The molecule has 1 N–H and O–H groups in total. The fourth-order valence-electron chi connectivity index (χ4n) is 2.16. The Bertz CT molecular complexity index is 551. The molecule has 1 atom stereocenters. The fourth-order valence-corrected chi connectivity index (χ4v) is 2.88. The van der Waals surface area contributed by atoms with Crippen LogP contribution in [0.2, 0.25) is 0 Å². The van der Waals surface area contributed by atoms with Gasteiger partial charge in [0, 0.05) is 16.8 Å². The van der Waals surface area contributed by atoms with Gasteiger partial charge in [0.2, 0.25) is 5.95 Å². The van der Waals surface area contributed by atoms with E-state index in [4.69, 9.17) is 0 Å². The zero-order valence-corrected chi connectivity index (χ0v) is 14.1. The van der Waals surface area contributed by atoms with Gasteiger partial charge in [0.15, 0.2) is 0 Å². The van der Waals surface area contributed by atoms with Crippen molar-refractivity contribution in [3.8, 4) is 0 Å². The first-order valence-corrected chi connectivity index (χ1v) is 8.48. The topological polar surface area (TPSA) is 50.7 Å². The summed E-state index contributed by atoms with van der Waals surface area (Å²) in [6.45, 7) is 8.33. The number of nitrogens with one attached hydrogen (secondary N) is 1. The standard InChI is InChI=1S/C16H24N4S/c1-5-13(8-9-14-7-6-10-21-14)19-16-18-12(4)17-15(20-16)11(2)3/h6-7,10-11,13H,5,8-9H2,1-4H3,(H,17,18,19,20). The summed E-state index contributed by atoms with van der Waals surface area (Å²) in [6, 6.07) is 4.70. The molecular weight excluding hydrogens is 280 g/mol. The molecule has 2 heterocycles. The maximum absolute atomic E-state index is 4.54. The summed E-state index contributed by atoms with van der Waals surface area (Å²) in [5.74, 6) is 2.67. The van der Waals surface area contributed by atoms with Crippen molar-refractivity contribution >= 4 is 17.3 Å². The predicted octanol–water partition coefficient (Wildman–Crippen LogP) is 4.19. The quantitative estimate of drug-likeness (QED) is 0.833. The number of nitrogens with zero attached hydrogens (tertiary/aromatic N) is 3. The summed E-state index contributed by atoms with van der Waals surface area (Å²) >= 11 is 1.82. The molecule has 0 aromatic carbocycles. The molecule has 4 nitrogen and oxygen atoms in total. The summed E-state index contributed by atoms with van der Waals surface area (Å²) < 4.78 is 0. The first kappa shape index (κ1) is 15.9. The molecule has 114 valence electrons. The maximum atomic E-state index is 4.54. The molecule has 0 aliphatic carbocycles. The predicted molar refractivity (Wildman–Crippen MR) is 89.0 cm³/mol. The van der Waals surface area contributed by atoms with E-state index in [9.17, 15) is 0 Å². The van der Waals surface area contributed by atoms with Gasteiger partial charge in [-0.2, -0.15) is 9.97 Å². The molecule has 0 bridgehead atoms. The van der Waals surface area contributed by atoms with Crippen molar-refractivity contribution in [1.29, 1.82) is 0 Å². The highest BCUT2D eigenvalue weighted by atomic mass is 32.1. The molecule has 2 aromatic rings. The van der Waals surface area contributed by atoms with E-state index >= 15 is 0 Å². The molecular formula is C16H24N4S. The number of hydrogen-bond donors (Lipinski definition) is 1. The van der Waals surface area contributed by atoms with Crippen molar-refractivity contribution in [3.63, 3.8) is 0 Å². The number of anilines is 1. The van der Waals surface area contributed by atoms with Gasteiger partial charge >= 0.3 is 0 Å². The van der Waals surface area contributed by atoms with Crippen LogP contribution < -0.4 is 5.32 Å². The van der Waals surface area contributed by atoms with E-state index in [0.717, 1.165) is 30.9 Å². The lowest BCUT2D eigenvalue weighted by Crippen LogP contribution is -2.22. The van der Waals surface area contributed by atoms with Crippen molar-refractivity contribution in [2.75, 3.05) is 5.32 Å². The van der Waals surface area contributed by atoms with Crippen LogP contribution in [0, 0.1) is 6.92 Å². The second-order valence-electron chi connectivity index (χ2n) is 5.59. The second kappa shape index (κ2) is 7.50. The highest BCUT2D eigenvalue weighted by Gasteiger charge is 2.12. The van der Waals surface area contributed by atoms with Gasteiger partial charge in [0.25, 0.3) is 0 Å². The van der Waals surface area contributed by atoms with Gasteiger partial charge in [-0.1, -0.05) is 26.8 Å². The van der Waals surface area contributed by atoms with E-state index in [2.05, 4.69) is 58.6 Å². The van der Waals surface area contributed by atoms with E-state index in [1.165, 1.54) is 4.88 Å². The first-order chi connectivity index (χ1) is 10.1. The number of aryl methyl sites for hydroxylation is 2. The second-order valence-corrected chi connectivity index (χ2v) is 6.62. The average Bonchev–Trinajstić information content (AvgIpc) is 2.96. The van der Waals surface area contributed by atoms with Crippen LogP contribution in [0.5, 0.6) is 0 Å². The van der Waals surface area contributed by atoms with Crippen molar-refractivity contribution in [3.05, 3.63) is 34.0 Å². The normalized spacial score (nSPS) is 12.6. The van der Waals surface area contributed by atoms with Crippen LogP contribution in [0.1, 0.15) is 56.1 Å². The Kier molecular flexibility index (Phi) is 5.67. The SMILES string of the molecule is CCC(CCc1cccs1)Nc1nc(C)nc(C(C)C)n1. The summed E-state index contributed by atoms with van der Waals surface area (Å²) in [7, 11) is 0. The molecule has 0 aliphatic rings.